The van der Waals surface area contributed by atoms with Crippen molar-refractivity contribution in [1.82, 2.24) is 9.97 Å². The third-order valence-electron chi connectivity index (χ3n) is 2.65. The number of aromatic nitrogens is 2. The minimum absolute atomic E-state index is 0.00759. The van der Waals surface area contributed by atoms with Crippen LogP contribution in [0, 0.1) is 10.1 Å². The van der Waals surface area contributed by atoms with E-state index < -0.39 is 4.92 Å². The molecule has 3 aromatic rings. The van der Waals surface area contributed by atoms with Crippen LogP contribution in [0.5, 0.6) is 0 Å². The molecule has 0 aliphatic rings. The lowest BCUT2D eigenvalue weighted by molar-refractivity contribution is -0.383. The van der Waals surface area contributed by atoms with Gasteiger partial charge in [0.05, 0.1) is 4.92 Å². The lowest BCUT2D eigenvalue weighted by Gasteiger charge is -2.02. The molecule has 0 saturated carbocycles. The molecule has 0 radical (unpaired) electrons. The highest BCUT2D eigenvalue weighted by molar-refractivity contribution is 6.07. The number of hydrogen-bond acceptors (Lipinski definition) is 4. The molecular weight excluding hydrogens is 218 g/mol. The molecule has 5 heteroatoms. The van der Waals surface area contributed by atoms with E-state index in [2.05, 4.69) is 9.97 Å². The van der Waals surface area contributed by atoms with Crippen molar-refractivity contribution in [2.75, 3.05) is 0 Å². The molecule has 1 heterocycles. The Bertz CT molecular complexity index is 740. The third-order valence-corrected chi connectivity index (χ3v) is 2.65. The van der Waals surface area contributed by atoms with Gasteiger partial charge >= 0.3 is 0 Å². The van der Waals surface area contributed by atoms with Crippen molar-refractivity contribution in [2.45, 2.75) is 0 Å². The van der Waals surface area contributed by atoms with Gasteiger partial charge in [-0.05, 0) is 5.39 Å². The molecule has 0 amide bonds. The van der Waals surface area contributed by atoms with E-state index in [-0.39, 0.29) is 5.69 Å². The average Bonchev–Trinajstić information content (AvgIpc) is 2.37. The quantitative estimate of drug-likeness (QED) is 0.362. The summed E-state index contributed by atoms with van der Waals surface area (Å²) in [6, 6.07) is 8.97. The summed E-state index contributed by atoms with van der Waals surface area (Å²) in [6.07, 6.45) is 3.00. The van der Waals surface area contributed by atoms with E-state index in [4.69, 9.17) is 0 Å². The Morgan fingerprint density at radius 1 is 1.06 bits per heavy atom. The molecule has 0 aliphatic heterocycles. The van der Waals surface area contributed by atoms with E-state index >= 15 is 0 Å². The zero-order valence-corrected chi connectivity index (χ0v) is 8.70. The molecule has 17 heavy (non-hydrogen) atoms. The first kappa shape index (κ1) is 9.65. The zero-order chi connectivity index (χ0) is 11.8. The fraction of sp³-hybridized carbons (Fsp3) is 0. The summed E-state index contributed by atoms with van der Waals surface area (Å²) in [5.41, 5.74) is 0.889. The standard InChI is InChI=1S/C12H7N3O2/c16-15(17)10-7-8-3-1-2-4-9(8)11-12(10)14-6-5-13-11/h1-7H. The minimum Gasteiger partial charge on any atom is -0.258 e. The molecule has 0 spiro atoms. The van der Waals surface area contributed by atoms with Crippen LogP contribution in [0.25, 0.3) is 21.8 Å². The average molecular weight is 225 g/mol. The summed E-state index contributed by atoms with van der Waals surface area (Å²) in [4.78, 5) is 18.8. The summed E-state index contributed by atoms with van der Waals surface area (Å²) >= 11 is 0. The highest BCUT2D eigenvalue weighted by atomic mass is 16.6. The second-order valence-electron chi connectivity index (χ2n) is 3.63. The van der Waals surface area contributed by atoms with Gasteiger partial charge in [-0.25, -0.2) is 4.98 Å². The van der Waals surface area contributed by atoms with E-state index in [1.54, 1.807) is 6.20 Å². The van der Waals surface area contributed by atoms with Gasteiger partial charge in [0.15, 0.2) is 5.52 Å². The number of hydrogen-bond donors (Lipinski definition) is 0. The smallest absolute Gasteiger partial charge is 0.258 e. The van der Waals surface area contributed by atoms with Gasteiger partial charge in [-0.3, -0.25) is 15.1 Å². The maximum atomic E-state index is 11.0. The fourth-order valence-corrected chi connectivity index (χ4v) is 1.92. The Balaban J connectivity index is 2.59. The molecule has 0 N–H and O–H groups in total. The molecule has 82 valence electrons. The Labute approximate surface area is 95.9 Å². The number of non-ortho nitro benzene ring substituents is 1. The highest BCUT2D eigenvalue weighted by Gasteiger charge is 2.16. The topological polar surface area (TPSA) is 68.9 Å². The van der Waals surface area contributed by atoms with Gasteiger partial charge < -0.3 is 0 Å². The van der Waals surface area contributed by atoms with E-state index in [1.807, 2.05) is 24.3 Å². The number of rotatable bonds is 1. The van der Waals surface area contributed by atoms with Crippen LogP contribution in [0.1, 0.15) is 0 Å². The molecule has 0 fully saturated rings. The van der Waals surface area contributed by atoms with Crippen molar-refractivity contribution in [2.24, 2.45) is 0 Å². The van der Waals surface area contributed by atoms with Gasteiger partial charge in [-0.15, -0.1) is 0 Å². The van der Waals surface area contributed by atoms with E-state index in [1.165, 1.54) is 12.3 Å². The lowest BCUT2D eigenvalue weighted by atomic mass is 10.1. The van der Waals surface area contributed by atoms with Crippen LogP contribution in [-0.4, -0.2) is 14.9 Å². The molecule has 0 atom stereocenters. The predicted molar refractivity (Wildman–Crippen MR) is 63.7 cm³/mol. The van der Waals surface area contributed by atoms with E-state index in [9.17, 15) is 10.1 Å². The molecule has 2 aromatic carbocycles. The number of nitro benzene ring substituents is 1. The lowest BCUT2D eigenvalue weighted by Crippen LogP contribution is -1.93. The normalized spacial score (nSPS) is 10.8. The van der Waals surface area contributed by atoms with Crippen LogP contribution in [-0.2, 0) is 0 Å². The Hall–Kier alpha value is -2.56. The van der Waals surface area contributed by atoms with Crippen LogP contribution in [0.4, 0.5) is 5.69 Å². The Morgan fingerprint density at radius 2 is 1.76 bits per heavy atom. The number of nitrogens with zero attached hydrogens (tertiary/aromatic N) is 3. The fourth-order valence-electron chi connectivity index (χ4n) is 1.92. The van der Waals surface area contributed by atoms with Crippen LogP contribution in [0.3, 0.4) is 0 Å². The summed E-state index contributed by atoms with van der Waals surface area (Å²) < 4.78 is 0. The molecule has 0 unspecified atom stereocenters. The first-order valence-electron chi connectivity index (χ1n) is 5.04. The van der Waals surface area contributed by atoms with Gasteiger partial charge in [0, 0.05) is 23.8 Å². The molecule has 0 aliphatic carbocycles. The number of fused-ring (bicyclic) bond motifs is 3. The second-order valence-corrected chi connectivity index (χ2v) is 3.63. The summed E-state index contributed by atoms with van der Waals surface area (Å²) in [6.45, 7) is 0. The van der Waals surface area contributed by atoms with Gasteiger partial charge in [0.25, 0.3) is 5.69 Å². The monoisotopic (exact) mass is 225 g/mol. The van der Waals surface area contributed by atoms with Crippen molar-refractivity contribution in [3.8, 4) is 0 Å². The third kappa shape index (κ3) is 1.40. The SMILES string of the molecule is O=[N+]([O-])c1cc2ccccc2c2nccnc12. The number of nitro groups is 1. The maximum Gasteiger partial charge on any atom is 0.297 e. The van der Waals surface area contributed by atoms with Gasteiger partial charge in [-0.2, -0.15) is 0 Å². The molecule has 3 rings (SSSR count). The van der Waals surface area contributed by atoms with Crippen LogP contribution in [0.2, 0.25) is 0 Å². The van der Waals surface area contributed by atoms with Crippen LogP contribution in [0.15, 0.2) is 42.7 Å². The van der Waals surface area contributed by atoms with Crippen molar-refractivity contribution in [1.29, 1.82) is 0 Å². The van der Waals surface area contributed by atoms with Crippen LogP contribution >= 0.6 is 0 Å². The molecule has 1 aromatic heterocycles. The van der Waals surface area contributed by atoms with Crippen molar-refractivity contribution >= 4 is 27.5 Å². The molecule has 5 nitrogen and oxygen atoms in total. The van der Waals surface area contributed by atoms with Crippen molar-refractivity contribution in [3.63, 3.8) is 0 Å². The van der Waals surface area contributed by atoms with Gasteiger partial charge in [0.2, 0.25) is 0 Å². The first-order valence-corrected chi connectivity index (χ1v) is 5.04. The largest absolute Gasteiger partial charge is 0.297 e. The minimum atomic E-state index is -0.427. The summed E-state index contributed by atoms with van der Waals surface area (Å²) in [5, 5.41) is 12.7. The maximum absolute atomic E-state index is 11.0. The summed E-state index contributed by atoms with van der Waals surface area (Å²) in [7, 11) is 0. The molecule has 0 bridgehead atoms. The van der Waals surface area contributed by atoms with Gasteiger partial charge in [0.1, 0.15) is 5.52 Å². The summed E-state index contributed by atoms with van der Waals surface area (Å²) in [5.74, 6) is 0. The highest BCUT2D eigenvalue weighted by Crippen LogP contribution is 2.29. The van der Waals surface area contributed by atoms with Crippen LogP contribution < -0.4 is 0 Å². The molecular formula is C12H7N3O2. The Morgan fingerprint density at radius 3 is 2.53 bits per heavy atom. The van der Waals surface area contributed by atoms with Gasteiger partial charge in [-0.1, -0.05) is 24.3 Å². The first-order chi connectivity index (χ1) is 8.27. The zero-order valence-electron chi connectivity index (χ0n) is 8.70. The predicted octanol–water partition coefficient (Wildman–Crippen LogP) is 2.69. The van der Waals surface area contributed by atoms with E-state index in [0.29, 0.717) is 11.0 Å². The number of benzene rings is 2. The van der Waals surface area contributed by atoms with Crippen molar-refractivity contribution < 1.29 is 4.92 Å². The second kappa shape index (κ2) is 3.48. The van der Waals surface area contributed by atoms with E-state index in [0.717, 1.165) is 10.8 Å². The van der Waals surface area contributed by atoms with Crippen molar-refractivity contribution in [3.05, 3.63) is 52.8 Å². The Kier molecular flexibility index (Phi) is 1.98. The molecule has 0 saturated heterocycles.